The minimum absolute atomic E-state index is 0.00833. The highest BCUT2D eigenvalue weighted by Gasteiger charge is 2.70. The highest BCUT2D eigenvalue weighted by Crippen LogP contribution is 2.73. The Morgan fingerprint density at radius 2 is 0.752 bits per heavy atom. The number of rotatable bonds is 10. The van der Waals surface area contributed by atoms with Crippen molar-refractivity contribution in [3.8, 4) is 0 Å². The molecular weight excluding hydrogens is 1490 g/mol. The Labute approximate surface area is 693 Å². The first-order valence-electron chi connectivity index (χ1n) is 44.7. The van der Waals surface area contributed by atoms with Gasteiger partial charge in [-0.15, -0.1) is 45.3 Å². The molecule has 4 heterocycles. The molecule has 16 heteroatoms. The summed E-state index contributed by atoms with van der Waals surface area (Å²) in [5, 5.41) is 124. The Morgan fingerprint density at radius 1 is 0.389 bits per heavy atom. The van der Waals surface area contributed by atoms with E-state index in [2.05, 4.69) is 158 Å². The minimum Gasteiger partial charge on any atom is -0.481 e. The van der Waals surface area contributed by atoms with Crippen LogP contribution in [0.2, 0.25) is 0 Å². The van der Waals surface area contributed by atoms with Gasteiger partial charge in [0.05, 0.1) is 30.5 Å². The van der Waals surface area contributed by atoms with Gasteiger partial charge >= 0.3 is 0 Å². The molecule has 0 aromatic carbocycles. The Bertz CT molecular complexity index is 3790. The molecule has 4 aromatic heterocycles. The second kappa shape index (κ2) is 33.5. The SMILES string of the molecule is CC(=O)O.C[C@H]1CC[C@@]2(C)[C@H](C1)[C@@H](O)[C@H](O)C1[C@@H]2CC[C@@]2(C)[C@H]1CC[C@@]2(O)c1cccs1.C[C@H]1CC[C@@]2(C)[C@H](C1)[C@@H](O)[C@H](O)C1[C@@H]2CC[C@]2(C)C(c3cccs3)=CC[C@@H]12.C[C@H]1CC[C@](C)([C@H]2CC[C@]3(C)C(c4cccs4)=CC[C@H]3[C@@H]2CO)[C@@H](CO)C1.C[C@]1([C@H]2CC[C@]3(C)C(c4cccs4)=CC[C@H]3[C@@H]2CO)CC[C@H](O)C[C@@H]1CO. The summed E-state index contributed by atoms with van der Waals surface area (Å²) in [7, 11) is 0. The van der Waals surface area contributed by atoms with Gasteiger partial charge in [0.15, 0.2) is 0 Å². The van der Waals surface area contributed by atoms with E-state index in [0.717, 1.165) is 108 Å². The zero-order chi connectivity index (χ0) is 80.9. The molecular formula is C97H144O12S4. The maximum absolute atomic E-state index is 11.8. The van der Waals surface area contributed by atoms with Crippen LogP contribution in [-0.2, 0) is 10.4 Å². The highest BCUT2D eigenvalue weighted by atomic mass is 32.1. The van der Waals surface area contributed by atoms with Crippen molar-refractivity contribution in [1.82, 2.24) is 0 Å². The fourth-order valence-corrected chi connectivity index (χ4v) is 34.0. The first-order chi connectivity index (χ1) is 53.7. The number of carboxylic acid groups (broad SMARTS) is 1. The quantitative estimate of drug-likeness (QED) is 0.0711. The largest absolute Gasteiger partial charge is 0.481 e. The van der Waals surface area contributed by atoms with Crippen molar-refractivity contribution in [1.29, 1.82) is 0 Å². The summed E-state index contributed by atoms with van der Waals surface area (Å²) in [6.45, 7) is 28.1. The minimum atomic E-state index is -0.833. The number of carbonyl (C=O) groups is 1. The average Bonchev–Trinajstić information content (AvgIpc) is 1.72. The molecule has 0 amide bonds. The second-order valence-electron chi connectivity index (χ2n) is 41.9. The summed E-state index contributed by atoms with van der Waals surface area (Å²) in [5.41, 5.74) is 4.51. The fourth-order valence-electron chi connectivity index (χ4n) is 30.3. The maximum Gasteiger partial charge on any atom is 0.300 e. The summed E-state index contributed by atoms with van der Waals surface area (Å²) >= 11 is 7.18. The third-order valence-electron chi connectivity index (χ3n) is 36.9. The van der Waals surface area contributed by atoms with E-state index >= 15 is 0 Å². The summed E-state index contributed by atoms with van der Waals surface area (Å²) in [4.78, 5) is 14.3. The van der Waals surface area contributed by atoms with E-state index in [1.54, 1.807) is 11.3 Å². The van der Waals surface area contributed by atoms with Gasteiger partial charge in [-0.05, 0) is 354 Å². The van der Waals surface area contributed by atoms with Gasteiger partial charge in [-0.2, -0.15) is 0 Å². The zero-order valence-corrected chi connectivity index (χ0v) is 73.7. The van der Waals surface area contributed by atoms with Crippen LogP contribution in [0, 0.1) is 156 Å². The van der Waals surface area contributed by atoms with Crippen molar-refractivity contribution in [2.24, 2.45) is 156 Å². The van der Waals surface area contributed by atoms with Crippen LogP contribution in [0.5, 0.6) is 0 Å². The predicted octanol–water partition coefficient (Wildman–Crippen LogP) is 20.0. The van der Waals surface area contributed by atoms with Gasteiger partial charge in [0.2, 0.25) is 0 Å². The molecule has 0 spiro atoms. The number of carboxylic acids is 1. The fraction of sp³-hybridized carbons (Fsp3) is 0.763. The molecule has 14 aliphatic carbocycles. The third-order valence-corrected chi connectivity index (χ3v) is 40.7. The van der Waals surface area contributed by atoms with Crippen molar-refractivity contribution in [3.05, 3.63) is 108 Å². The molecule has 11 fully saturated rings. The van der Waals surface area contributed by atoms with Crippen LogP contribution in [0.3, 0.4) is 0 Å². The average molecular weight is 1630 g/mol. The summed E-state index contributed by atoms with van der Waals surface area (Å²) in [6.07, 6.45) is 31.9. The molecule has 14 aliphatic rings. The Balaban J connectivity index is 0.000000123. The third kappa shape index (κ3) is 14.8. The molecule has 0 saturated heterocycles. The lowest BCUT2D eigenvalue weighted by Crippen LogP contribution is -2.64. The van der Waals surface area contributed by atoms with Gasteiger partial charge in [0, 0.05) is 58.3 Å². The molecule has 11 saturated carbocycles. The Kier molecular flexibility index (Phi) is 25.6. The molecule has 0 radical (unpaired) electrons. The second-order valence-corrected chi connectivity index (χ2v) is 45.7. The molecule has 4 aromatic rings. The van der Waals surface area contributed by atoms with Crippen molar-refractivity contribution < 1.29 is 61.0 Å². The van der Waals surface area contributed by atoms with E-state index in [4.69, 9.17) is 9.90 Å². The van der Waals surface area contributed by atoms with Gasteiger partial charge in [0.1, 0.15) is 5.60 Å². The first-order valence-corrected chi connectivity index (χ1v) is 48.2. The van der Waals surface area contributed by atoms with Gasteiger partial charge in [-0.1, -0.05) is 138 Å². The Morgan fingerprint density at radius 3 is 1.17 bits per heavy atom. The molecule has 0 aliphatic heterocycles. The molecule has 18 rings (SSSR count). The van der Waals surface area contributed by atoms with E-state index in [9.17, 15) is 51.1 Å². The zero-order valence-electron chi connectivity index (χ0n) is 70.5. The number of hydrogen-bond donors (Lipinski definition) is 11. The molecule has 11 N–H and O–H groups in total. The van der Waals surface area contributed by atoms with Gasteiger partial charge in [0.25, 0.3) is 5.97 Å². The van der Waals surface area contributed by atoms with Crippen LogP contribution in [0.25, 0.3) is 16.7 Å². The van der Waals surface area contributed by atoms with Crippen LogP contribution in [0.1, 0.15) is 263 Å². The van der Waals surface area contributed by atoms with Crippen molar-refractivity contribution >= 4 is 68.0 Å². The first kappa shape index (κ1) is 86.5. The molecule has 0 bridgehead atoms. The standard InChI is InChI=1S/C24H36O3S.C24H34O2S.C24H36O2S.C23H34O3S.C2H4O2/c1-14-6-9-22(2)15-7-10-23(3)16(19(15)21(26)20(25)17(22)13-14)8-11-24(23,27)18-5-4-12-28-18;1-14-8-10-24(3)17-9-11-23(2)15(19-5-4-12-27-19)6-7-16(23)20(17)22(26)21(25)18(24)13-14;1-16-8-10-23(2,17(13-16)14-25)20-9-11-24(3)19(18(20)15-26)6-7-21(24)22-5-4-12-27-22;1-22(9-7-16(26)12-15(22)13-24)19-8-10-23(2)18(17(19)14-25)5-6-20(23)21-4-3-11-27-21;1-2(3)4/h4-5,12,14-17,19-21,25-27H,6-11,13H2,1-3H3;4-6,12,14,16-18,20-22,25-26H,7-11,13H2,1-3H3;4-5,7,12,16-20,25-26H,6,8-11,13-15H2,1-3H3;3-4,6,11,15-19,24-26H,5,7-10,12-14H2,1-2H3;1H3,(H,3,4)/t14-,15-,16-,17+,19?,20+,21+,22+,23-,24+;14-,16-,17-,18+,20?,21+,22+,23+,24+;16-,17+,18-,19-,20-,23-,24-;15-,16+,17+,18+,19+,22+,23+;/m0001./s1. The van der Waals surface area contributed by atoms with Crippen LogP contribution in [0.15, 0.2) is 88.3 Å². The van der Waals surface area contributed by atoms with Gasteiger partial charge in [-0.25, -0.2) is 0 Å². The normalized spacial score (nSPS) is 47.9. The van der Waals surface area contributed by atoms with Crippen molar-refractivity contribution in [2.75, 3.05) is 26.4 Å². The van der Waals surface area contributed by atoms with Crippen LogP contribution < -0.4 is 0 Å². The van der Waals surface area contributed by atoms with E-state index in [-0.39, 0.29) is 104 Å². The van der Waals surface area contributed by atoms with Crippen LogP contribution in [-0.4, -0.2) is 119 Å². The van der Waals surface area contributed by atoms with Crippen molar-refractivity contribution in [2.45, 2.75) is 280 Å². The number of aliphatic carboxylic acids is 1. The lowest BCUT2D eigenvalue weighted by molar-refractivity contribution is -0.229. The summed E-state index contributed by atoms with van der Waals surface area (Å²) in [6, 6.07) is 17.3. The van der Waals surface area contributed by atoms with E-state index in [1.807, 2.05) is 40.1 Å². The van der Waals surface area contributed by atoms with Crippen LogP contribution in [0.4, 0.5) is 0 Å². The number of allylic oxidation sites excluding steroid dienone is 6. The smallest absolute Gasteiger partial charge is 0.300 e. The monoisotopic (exact) mass is 1630 g/mol. The van der Waals surface area contributed by atoms with E-state index < -0.39 is 36.0 Å². The van der Waals surface area contributed by atoms with Gasteiger partial charge in [-0.3, -0.25) is 4.79 Å². The topological polar surface area (TPSA) is 240 Å². The highest BCUT2D eigenvalue weighted by molar-refractivity contribution is 7.11. The summed E-state index contributed by atoms with van der Waals surface area (Å²) < 4.78 is 0. The van der Waals surface area contributed by atoms with Gasteiger partial charge < -0.3 is 56.2 Å². The molecule has 12 nitrogen and oxygen atoms in total. The predicted molar refractivity (Wildman–Crippen MR) is 460 cm³/mol. The lowest BCUT2D eigenvalue weighted by atomic mass is 9.42. The number of fused-ring (bicyclic) bond motifs is 12. The van der Waals surface area contributed by atoms with Crippen molar-refractivity contribution in [3.63, 3.8) is 0 Å². The molecule has 113 heavy (non-hydrogen) atoms. The lowest BCUT2D eigenvalue weighted by Gasteiger charge is -2.64. The number of aliphatic hydroxyl groups is 10. The number of hydrogen-bond acceptors (Lipinski definition) is 15. The molecule has 2 unspecified atom stereocenters. The van der Waals surface area contributed by atoms with Crippen LogP contribution >= 0.6 is 45.3 Å². The number of aliphatic hydroxyl groups excluding tert-OH is 9. The molecule has 33 atom stereocenters. The number of thiophene rings is 4. The summed E-state index contributed by atoms with van der Waals surface area (Å²) in [5.74, 6) is 6.90. The maximum atomic E-state index is 11.8. The Hall–Kier alpha value is -2.91. The molecule has 628 valence electrons. The van der Waals surface area contributed by atoms with E-state index in [1.165, 1.54) is 95.6 Å². The van der Waals surface area contributed by atoms with E-state index in [0.29, 0.717) is 84.7 Å².